The van der Waals surface area contributed by atoms with Crippen molar-refractivity contribution in [3.63, 3.8) is 0 Å². The van der Waals surface area contributed by atoms with Gasteiger partial charge in [0.15, 0.2) is 5.82 Å². The van der Waals surface area contributed by atoms with Crippen LogP contribution in [0.1, 0.15) is 30.1 Å². The highest BCUT2D eigenvalue weighted by Gasteiger charge is 2.19. The molecule has 2 N–H and O–H groups in total. The fraction of sp³-hybridized carbons (Fsp3) is 0.267. The highest BCUT2D eigenvalue weighted by Crippen LogP contribution is 2.24. The van der Waals surface area contributed by atoms with E-state index in [1.54, 1.807) is 13.0 Å². The first kappa shape index (κ1) is 14.8. The number of hydrogen-bond donors (Lipinski definition) is 2. The summed E-state index contributed by atoms with van der Waals surface area (Å²) in [6.07, 6.45) is -0.0303. The van der Waals surface area contributed by atoms with Gasteiger partial charge in [-0.25, -0.2) is 0 Å². The zero-order chi connectivity index (χ0) is 15.2. The smallest absolute Gasteiger partial charge is 0.303 e. The van der Waals surface area contributed by atoms with Crippen molar-refractivity contribution in [2.75, 3.05) is 5.32 Å². The van der Waals surface area contributed by atoms with Gasteiger partial charge in [0.25, 0.3) is 0 Å². The first-order valence-corrected chi connectivity index (χ1v) is 6.54. The second-order valence-corrected chi connectivity index (χ2v) is 4.78. The van der Waals surface area contributed by atoms with E-state index in [9.17, 15) is 9.59 Å². The number of carboxylic acid groups (broad SMARTS) is 1. The number of aliphatic carboxylic acids is 1. The molecule has 0 unspecified atom stereocenters. The second kappa shape index (κ2) is 6.69. The molecule has 0 aliphatic heterocycles. The topological polar surface area (TPSA) is 92.4 Å². The largest absolute Gasteiger partial charge is 0.481 e. The molecular formula is C15H16N2O4. The van der Waals surface area contributed by atoms with E-state index in [1.165, 1.54) is 0 Å². The number of hydrogen-bond acceptors (Lipinski definition) is 4. The fourth-order valence-electron chi connectivity index (χ4n) is 2.09. The van der Waals surface area contributed by atoms with E-state index >= 15 is 0 Å². The predicted molar refractivity (Wildman–Crippen MR) is 75.9 cm³/mol. The van der Waals surface area contributed by atoms with Crippen LogP contribution in [0.4, 0.5) is 5.82 Å². The number of carbonyl (C=O) groups is 2. The summed E-state index contributed by atoms with van der Waals surface area (Å²) in [5, 5.41) is 15.3. The van der Waals surface area contributed by atoms with Gasteiger partial charge >= 0.3 is 5.97 Å². The highest BCUT2D eigenvalue weighted by molar-refractivity contribution is 5.90. The van der Waals surface area contributed by atoms with Gasteiger partial charge in [0.2, 0.25) is 5.91 Å². The number of carbonyl (C=O) groups excluding carboxylic acids is 1. The Kier molecular flexibility index (Phi) is 4.71. The average Bonchev–Trinajstić information content (AvgIpc) is 2.83. The molecule has 0 fully saturated rings. The van der Waals surface area contributed by atoms with Gasteiger partial charge in [0.1, 0.15) is 5.76 Å². The molecule has 2 aromatic rings. The lowest BCUT2D eigenvalue weighted by atomic mass is 9.92. The van der Waals surface area contributed by atoms with Crippen LogP contribution < -0.4 is 5.32 Å². The number of benzene rings is 1. The molecule has 6 nitrogen and oxygen atoms in total. The molecule has 0 aliphatic rings. The third-order valence-electron chi connectivity index (χ3n) is 3.02. The van der Waals surface area contributed by atoms with Crippen LogP contribution in [0.2, 0.25) is 0 Å². The molecule has 0 aliphatic carbocycles. The minimum Gasteiger partial charge on any atom is -0.481 e. The van der Waals surface area contributed by atoms with Crippen LogP contribution in [0.5, 0.6) is 0 Å². The van der Waals surface area contributed by atoms with Crippen molar-refractivity contribution in [1.29, 1.82) is 0 Å². The predicted octanol–water partition coefficient (Wildman–Crippen LogP) is 2.57. The molecule has 1 atom stereocenters. The van der Waals surface area contributed by atoms with Crippen LogP contribution in [0.3, 0.4) is 0 Å². The molecule has 110 valence electrons. The van der Waals surface area contributed by atoms with Crippen molar-refractivity contribution < 1.29 is 19.2 Å². The number of rotatable bonds is 6. The summed E-state index contributed by atoms with van der Waals surface area (Å²) in [6.45, 7) is 1.72. The summed E-state index contributed by atoms with van der Waals surface area (Å²) in [6, 6.07) is 10.7. The van der Waals surface area contributed by atoms with Crippen molar-refractivity contribution in [3.05, 3.63) is 47.7 Å². The molecule has 0 bridgehead atoms. The van der Waals surface area contributed by atoms with Crippen LogP contribution in [0.15, 0.2) is 40.9 Å². The molecule has 1 aromatic heterocycles. The number of aromatic nitrogens is 1. The van der Waals surface area contributed by atoms with Gasteiger partial charge in [-0.05, 0) is 12.5 Å². The van der Waals surface area contributed by atoms with Gasteiger partial charge in [-0.1, -0.05) is 35.5 Å². The number of amides is 1. The van der Waals surface area contributed by atoms with E-state index in [1.807, 2.05) is 30.3 Å². The molecule has 0 spiro atoms. The summed E-state index contributed by atoms with van der Waals surface area (Å²) in [5.74, 6) is -0.681. The Labute approximate surface area is 121 Å². The summed E-state index contributed by atoms with van der Waals surface area (Å²) >= 11 is 0. The zero-order valence-corrected chi connectivity index (χ0v) is 11.6. The van der Waals surface area contributed by atoms with E-state index in [0.29, 0.717) is 11.6 Å². The summed E-state index contributed by atoms with van der Waals surface area (Å²) in [4.78, 5) is 23.0. The first-order chi connectivity index (χ1) is 10.0. The first-order valence-electron chi connectivity index (χ1n) is 6.54. The van der Waals surface area contributed by atoms with Crippen LogP contribution in [-0.2, 0) is 9.59 Å². The molecule has 1 amide bonds. The number of anilines is 1. The summed E-state index contributed by atoms with van der Waals surface area (Å²) < 4.78 is 4.86. The van der Waals surface area contributed by atoms with Gasteiger partial charge in [-0.3, -0.25) is 9.59 Å². The molecule has 1 heterocycles. The molecule has 0 saturated heterocycles. The van der Waals surface area contributed by atoms with Gasteiger partial charge < -0.3 is 14.9 Å². The number of carboxylic acids is 1. The lowest BCUT2D eigenvalue weighted by Crippen LogP contribution is -2.17. The Balaban J connectivity index is 2.04. The Morgan fingerprint density at radius 1 is 1.29 bits per heavy atom. The normalized spacial score (nSPS) is 11.9. The molecule has 0 radical (unpaired) electrons. The van der Waals surface area contributed by atoms with Crippen LogP contribution in [0, 0.1) is 6.92 Å². The number of aryl methyl sites for hydroxylation is 1. The fourth-order valence-corrected chi connectivity index (χ4v) is 2.09. The quantitative estimate of drug-likeness (QED) is 0.852. The molecule has 1 aromatic carbocycles. The monoisotopic (exact) mass is 288 g/mol. The summed E-state index contributed by atoms with van der Waals surface area (Å²) in [5.41, 5.74) is 0.825. The van der Waals surface area contributed by atoms with Crippen molar-refractivity contribution in [2.45, 2.75) is 25.7 Å². The standard InChI is InChI=1S/C15H16N2O4/c1-10-7-13(17-21-10)16-14(18)8-12(9-15(19)20)11-5-3-2-4-6-11/h2-7,12H,8-9H2,1H3,(H,19,20)(H,16,17,18)/t12-/m0/s1. The van der Waals surface area contributed by atoms with Crippen molar-refractivity contribution in [1.82, 2.24) is 5.16 Å². The zero-order valence-electron chi connectivity index (χ0n) is 11.6. The minimum atomic E-state index is -0.936. The lowest BCUT2D eigenvalue weighted by Gasteiger charge is -2.14. The summed E-state index contributed by atoms with van der Waals surface area (Å²) in [7, 11) is 0. The number of nitrogens with zero attached hydrogens (tertiary/aromatic N) is 1. The second-order valence-electron chi connectivity index (χ2n) is 4.78. The van der Waals surface area contributed by atoms with E-state index in [-0.39, 0.29) is 24.7 Å². The average molecular weight is 288 g/mol. The maximum atomic E-state index is 12.0. The Morgan fingerprint density at radius 3 is 2.57 bits per heavy atom. The van der Waals surface area contributed by atoms with Crippen LogP contribution >= 0.6 is 0 Å². The van der Waals surface area contributed by atoms with Crippen molar-refractivity contribution in [3.8, 4) is 0 Å². The third-order valence-corrected chi connectivity index (χ3v) is 3.02. The van der Waals surface area contributed by atoms with Crippen molar-refractivity contribution >= 4 is 17.7 Å². The third kappa shape index (κ3) is 4.45. The van der Waals surface area contributed by atoms with Gasteiger partial charge in [0, 0.05) is 18.4 Å². The van der Waals surface area contributed by atoms with Crippen LogP contribution in [-0.4, -0.2) is 22.1 Å². The van der Waals surface area contributed by atoms with E-state index in [4.69, 9.17) is 9.63 Å². The Morgan fingerprint density at radius 2 is 2.00 bits per heavy atom. The molecule has 21 heavy (non-hydrogen) atoms. The molecular weight excluding hydrogens is 272 g/mol. The molecule has 0 saturated carbocycles. The van der Waals surface area contributed by atoms with Crippen molar-refractivity contribution in [2.24, 2.45) is 0 Å². The molecule has 2 rings (SSSR count). The van der Waals surface area contributed by atoms with E-state index in [0.717, 1.165) is 5.56 Å². The van der Waals surface area contributed by atoms with Gasteiger partial charge in [0.05, 0.1) is 6.42 Å². The highest BCUT2D eigenvalue weighted by atomic mass is 16.5. The van der Waals surface area contributed by atoms with E-state index in [2.05, 4.69) is 10.5 Å². The minimum absolute atomic E-state index is 0.0716. The molecule has 6 heteroatoms. The Hall–Kier alpha value is -2.63. The van der Waals surface area contributed by atoms with E-state index < -0.39 is 5.97 Å². The van der Waals surface area contributed by atoms with Crippen LogP contribution in [0.25, 0.3) is 0 Å². The maximum Gasteiger partial charge on any atom is 0.303 e. The lowest BCUT2D eigenvalue weighted by molar-refractivity contribution is -0.137. The van der Waals surface area contributed by atoms with Gasteiger partial charge in [-0.2, -0.15) is 0 Å². The number of nitrogens with one attached hydrogen (secondary N) is 1. The maximum absolute atomic E-state index is 12.0. The SMILES string of the molecule is Cc1cc(NC(=O)C[C@@H](CC(=O)O)c2ccccc2)no1. The van der Waals surface area contributed by atoms with Gasteiger partial charge in [-0.15, -0.1) is 0 Å². The Bertz CT molecular complexity index is 622.